The molecular formula is C19H20BrClN4O3S2. The highest BCUT2D eigenvalue weighted by atomic mass is 79.9. The molecule has 0 saturated carbocycles. The van der Waals surface area contributed by atoms with Gasteiger partial charge in [0.15, 0.2) is 5.13 Å². The maximum absolute atomic E-state index is 12.9. The van der Waals surface area contributed by atoms with Gasteiger partial charge in [-0.25, -0.2) is 4.98 Å². The zero-order valence-electron chi connectivity index (χ0n) is 16.3. The van der Waals surface area contributed by atoms with E-state index >= 15 is 0 Å². The molecule has 0 fully saturated rings. The summed E-state index contributed by atoms with van der Waals surface area (Å²) in [5.74, 6) is -0.196. The van der Waals surface area contributed by atoms with Crippen LogP contribution >= 0.6 is 51.0 Å². The Labute approximate surface area is 196 Å². The van der Waals surface area contributed by atoms with Crippen LogP contribution in [0.5, 0.6) is 0 Å². The van der Waals surface area contributed by atoms with E-state index < -0.39 is 4.92 Å². The van der Waals surface area contributed by atoms with E-state index in [0.717, 1.165) is 39.0 Å². The fraction of sp³-hybridized carbons (Fsp3) is 0.263. The molecule has 3 aromatic rings. The molecule has 30 heavy (non-hydrogen) atoms. The Morgan fingerprint density at radius 3 is 2.67 bits per heavy atom. The van der Waals surface area contributed by atoms with Gasteiger partial charge >= 0.3 is 5.00 Å². The molecule has 0 atom stereocenters. The van der Waals surface area contributed by atoms with E-state index in [2.05, 4.69) is 25.8 Å². The Kier molecular flexibility index (Phi) is 8.92. The Morgan fingerprint density at radius 2 is 2.00 bits per heavy atom. The van der Waals surface area contributed by atoms with Crippen molar-refractivity contribution in [3.8, 4) is 0 Å². The number of hydrogen-bond acceptors (Lipinski definition) is 7. The number of aromatic nitrogens is 1. The molecule has 0 spiro atoms. The summed E-state index contributed by atoms with van der Waals surface area (Å²) in [5, 5.41) is 11.5. The predicted molar refractivity (Wildman–Crippen MR) is 130 cm³/mol. The number of fused-ring (bicyclic) bond motifs is 1. The molecule has 0 radical (unpaired) electrons. The minimum Gasteiger partial charge on any atom is -0.309 e. The van der Waals surface area contributed by atoms with E-state index in [9.17, 15) is 14.9 Å². The van der Waals surface area contributed by atoms with Crippen LogP contribution in [0.4, 0.5) is 10.1 Å². The van der Waals surface area contributed by atoms with Crippen LogP contribution in [-0.4, -0.2) is 47.9 Å². The smallest absolute Gasteiger partial charge is 0.309 e. The number of thiazole rings is 1. The molecule has 11 heteroatoms. The average Bonchev–Trinajstić information content (AvgIpc) is 3.29. The number of benzene rings is 1. The highest BCUT2D eigenvalue weighted by Crippen LogP contribution is 2.31. The Balaban J connectivity index is 0.00000320. The summed E-state index contributed by atoms with van der Waals surface area (Å²) in [6.45, 7) is 1.38. The number of nitrogens with zero attached hydrogens (tertiary/aromatic N) is 4. The van der Waals surface area contributed by atoms with Gasteiger partial charge in [-0.3, -0.25) is 19.8 Å². The molecule has 2 aromatic heterocycles. The lowest BCUT2D eigenvalue weighted by atomic mass is 10.3. The van der Waals surface area contributed by atoms with Crippen molar-refractivity contribution < 1.29 is 9.72 Å². The van der Waals surface area contributed by atoms with Crippen molar-refractivity contribution in [1.29, 1.82) is 0 Å². The first-order chi connectivity index (χ1) is 13.8. The first kappa shape index (κ1) is 24.4. The molecule has 1 amide bonds. The van der Waals surface area contributed by atoms with Crippen LogP contribution in [0.25, 0.3) is 16.3 Å². The molecule has 0 aliphatic heterocycles. The fourth-order valence-corrected chi connectivity index (χ4v) is 4.89. The highest BCUT2D eigenvalue weighted by Gasteiger charge is 2.18. The van der Waals surface area contributed by atoms with Crippen molar-refractivity contribution in [1.82, 2.24) is 9.88 Å². The van der Waals surface area contributed by atoms with Gasteiger partial charge in [-0.15, -0.1) is 12.4 Å². The minimum absolute atomic E-state index is 0. The van der Waals surface area contributed by atoms with Crippen LogP contribution < -0.4 is 4.90 Å². The summed E-state index contributed by atoms with van der Waals surface area (Å²) in [4.78, 5) is 32.3. The molecule has 0 saturated heterocycles. The van der Waals surface area contributed by atoms with Crippen molar-refractivity contribution >= 4 is 83.3 Å². The summed E-state index contributed by atoms with van der Waals surface area (Å²) in [6, 6.07) is 8.91. The fourth-order valence-electron chi connectivity index (χ4n) is 2.62. The second-order valence-electron chi connectivity index (χ2n) is 6.52. The van der Waals surface area contributed by atoms with Crippen LogP contribution in [0, 0.1) is 10.1 Å². The van der Waals surface area contributed by atoms with Crippen LogP contribution in [0.3, 0.4) is 0 Å². The van der Waals surface area contributed by atoms with Gasteiger partial charge in [0.2, 0.25) is 0 Å². The number of carbonyl (C=O) groups excluding carboxylic acids is 1. The maximum atomic E-state index is 12.9. The third-order valence-electron chi connectivity index (χ3n) is 4.01. The van der Waals surface area contributed by atoms with E-state index in [4.69, 9.17) is 0 Å². The molecule has 2 heterocycles. The van der Waals surface area contributed by atoms with Crippen LogP contribution in [0.15, 0.2) is 40.9 Å². The number of carbonyl (C=O) groups is 1. The third-order valence-corrected chi connectivity index (χ3v) is 6.54. The Hall–Kier alpha value is -1.85. The molecule has 0 aliphatic rings. The van der Waals surface area contributed by atoms with E-state index in [1.807, 2.05) is 32.3 Å². The lowest BCUT2D eigenvalue weighted by Gasteiger charge is -2.19. The molecule has 7 nitrogen and oxygen atoms in total. The summed E-state index contributed by atoms with van der Waals surface area (Å²) < 4.78 is 1.96. The van der Waals surface area contributed by atoms with Crippen LogP contribution in [-0.2, 0) is 4.79 Å². The summed E-state index contributed by atoms with van der Waals surface area (Å²) >= 11 is 5.97. The molecule has 0 bridgehead atoms. The summed E-state index contributed by atoms with van der Waals surface area (Å²) in [5.41, 5.74) is 0.844. The maximum Gasteiger partial charge on any atom is 0.324 e. The van der Waals surface area contributed by atoms with Gasteiger partial charge in [0, 0.05) is 28.0 Å². The predicted octanol–water partition coefficient (Wildman–Crippen LogP) is 5.45. The van der Waals surface area contributed by atoms with Crippen molar-refractivity contribution in [3.63, 3.8) is 0 Å². The Morgan fingerprint density at radius 1 is 1.23 bits per heavy atom. The number of rotatable bonds is 8. The van der Waals surface area contributed by atoms with Gasteiger partial charge in [0.05, 0.1) is 15.1 Å². The SMILES string of the molecule is CN(C)CCCN(C(=O)C=Cc1ccc([N+](=O)[O-])s1)c1nc2ccc(Br)cc2s1.Cl. The first-order valence-electron chi connectivity index (χ1n) is 8.78. The monoisotopic (exact) mass is 530 g/mol. The van der Waals surface area contributed by atoms with Crippen molar-refractivity contribution in [3.05, 3.63) is 55.9 Å². The van der Waals surface area contributed by atoms with Gasteiger partial charge in [-0.2, -0.15) is 0 Å². The zero-order valence-corrected chi connectivity index (χ0v) is 20.3. The number of halogens is 2. The molecule has 0 aliphatic carbocycles. The standard InChI is InChI=1S/C19H19BrN4O3S2.ClH/c1-22(2)10-3-11-23(19-21-15-7-4-13(20)12-16(15)29-19)17(25)8-5-14-6-9-18(28-14)24(26)27;/h4-9,12H,3,10-11H2,1-2H3;1H. The second-order valence-corrected chi connectivity index (χ2v) is 9.54. The molecule has 0 N–H and O–H groups in total. The number of anilines is 1. The summed E-state index contributed by atoms with van der Waals surface area (Å²) in [7, 11) is 3.98. The van der Waals surface area contributed by atoms with Crippen LogP contribution in [0.1, 0.15) is 11.3 Å². The van der Waals surface area contributed by atoms with Crippen molar-refractivity contribution in [2.24, 2.45) is 0 Å². The molecule has 1 aromatic carbocycles. The molecule has 0 unspecified atom stereocenters. The lowest BCUT2D eigenvalue weighted by molar-refractivity contribution is -0.380. The second kappa shape index (κ2) is 11.0. The largest absolute Gasteiger partial charge is 0.324 e. The topological polar surface area (TPSA) is 79.6 Å². The molecule has 160 valence electrons. The number of amides is 1. The van der Waals surface area contributed by atoms with Crippen LogP contribution in [0.2, 0.25) is 0 Å². The van der Waals surface area contributed by atoms with Crippen molar-refractivity contribution in [2.45, 2.75) is 6.42 Å². The van der Waals surface area contributed by atoms with Crippen molar-refractivity contribution in [2.75, 3.05) is 32.1 Å². The van der Waals surface area contributed by atoms with E-state index in [1.165, 1.54) is 23.5 Å². The van der Waals surface area contributed by atoms with Gasteiger partial charge in [-0.1, -0.05) is 38.6 Å². The number of thiophene rings is 1. The summed E-state index contributed by atoms with van der Waals surface area (Å²) in [6.07, 6.45) is 3.87. The van der Waals surface area contributed by atoms with E-state index in [-0.39, 0.29) is 23.3 Å². The van der Waals surface area contributed by atoms with Gasteiger partial charge in [0.25, 0.3) is 5.91 Å². The van der Waals surface area contributed by atoms with E-state index in [0.29, 0.717) is 16.6 Å². The van der Waals surface area contributed by atoms with E-state index in [1.54, 1.807) is 17.0 Å². The number of hydrogen-bond donors (Lipinski definition) is 0. The normalized spacial score (nSPS) is 11.2. The quantitative estimate of drug-likeness (QED) is 0.219. The first-order valence-corrected chi connectivity index (χ1v) is 11.2. The third kappa shape index (κ3) is 6.32. The number of nitro groups is 1. The molecular weight excluding hydrogens is 512 g/mol. The van der Waals surface area contributed by atoms with Gasteiger partial charge in [0.1, 0.15) is 0 Å². The van der Waals surface area contributed by atoms with Gasteiger partial charge < -0.3 is 4.90 Å². The highest BCUT2D eigenvalue weighted by molar-refractivity contribution is 9.10. The lowest BCUT2D eigenvalue weighted by Crippen LogP contribution is -2.32. The zero-order chi connectivity index (χ0) is 21.0. The Bertz CT molecular complexity index is 1070. The average molecular weight is 532 g/mol. The van der Waals surface area contributed by atoms with Gasteiger partial charge in [-0.05, 0) is 57.4 Å². The molecule has 3 rings (SSSR count). The minimum atomic E-state index is -0.434.